The summed E-state index contributed by atoms with van der Waals surface area (Å²) in [6.07, 6.45) is 4.17. The molecule has 26 heavy (non-hydrogen) atoms. The molecule has 1 aromatic carbocycles. The van der Waals surface area contributed by atoms with Crippen molar-refractivity contribution >= 4 is 36.4 Å². The van der Waals surface area contributed by atoms with E-state index in [1.807, 2.05) is 58.1 Å². The molecule has 1 aliphatic heterocycles. The van der Waals surface area contributed by atoms with Gasteiger partial charge in [0, 0.05) is 37.4 Å². The van der Waals surface area contributed by atoms with Gasteiger partial charge in [0.15, 0.2) is 0 Å². The number of hydrogen-bond acceptors (Lipinski definition) is 3. The molecule has 0 aliphatic carbocycles. The van der Waals surface area contributed by atoms with Gasteiger partial charge in [-0.05, 0) is 17.7 Å². The molecule has 5 nitrogen and oxygen atoms in total. The summed E-state index contributed by atoms with van der Waals surface area (Å²) in [6.45, 7) is 1.28. The highest BCUT2D eigenvalue weighted by Gasteiger charge is 2.33. The molecule has 0 radical (unpaired) electrons. The molecule has 1 fully saturated rings. The molecule has 138 valence electrons. The minimum absolute atomic E-state index is 0. The fourth-order valence-corrected chi connectivity index (χ4v) is 3.42. The Balaban J connectivity index is 0.00000121. The zero-order valence-corrected chi connectivity index (χ0v) is 15.8. The number of rotatable bonds is 3. The first-order valence-electron chi connectivity index (χ1n) is 8.21. The van der Waals surface area contributed by atoms with E-state index in [2.05, 4.69) is 17.1 Å². The summed E-state index contributed by atoms with van der Waals surface area (Å²) in [5.74, 6) is 0.295. The number of hydrogen-bond donors (Lipinski definition) is 1. The van der Waals surface area contributed by atoms with Crippen LogP contribution in [0.2, 0.25) is 0 Å². The number of imidazole rings is 1. The van der Waals surface area contributed by atoms with Gasteiger partial charge in [0.25, 0.3) is 0 Å². The third-order valence-corrected chi connectivity index (χ3v) is 4.69. The van der Waals surface area contributed by atoms with Crippen molar-refractivity contribution in [1.82, 2.24) is 14.3 Å². The summed E-state index contributed by atoms with van der Waals surface area (Å²) in [7, 11) is 0. The van der Waals surface area contributed by atoms with Crippen LogP contribution in [-0.2, 0) is 11.2 Å². The van der Waals surface area contributed by atoms with Gasteiger partial charge in [-0.3, -0.25) is 4.79 Å². The SMILES string of the molecule is Cl.Cl.N[C@@H]1CN(C(=O)Cc2cn3ccccc3n2)C[C@H]1c1ccccc1. The van der Waals surface area contributed by atoms with E-state index in [1.54, 1.807) is 0 Å². The van der Waals surface area contributed by atoms with Crippen LogP contribution in [0.1, 0.15) is 17.2 Å². The zero-order chi connectivity index (χ0) is 16.5. The second-order valence-corrected chi connectivity index (χ2v) is 6.35. The van der Waals surface area contributed by atoms with Crippen LogP contribution >= 0.6 is 24.8 Å². The van der Waals surface area contributed by atoms with Crippen molar-refractivity contribution in [3.8, 4) is 0 Å². The molecule has 0 bridgehead atoms. The van der Waals surface area contributed by atoms with Gasteiger partial charge in [-0.25, -0.2) is 4.98 Å². The van der Waals surface area contributed by atoms with Crippen LogP contribution in [0.15, 0.2) is 60.9 Å². The molecule has 2 aromatic heterocycles. The highest BCUT2D eigenvalue weighted by atomic mass is 35.5. The van der Waals surface area contributed by atoms with Crippen LogP contribution < -0.4 is 5.73 Å². The quantitative estimate of drug-likeness (QED) is 0.744. The first-order chi connectivity index (χ1) is 11.7. The molecule has 0 saturated carbocycles. The number of benzene rings is 1. The van der Waals surface area contributed by atoms with Crippen LogP contribution in [0.4, 0.5) is 0 Å². The molecule has 4 rings (SSSR count). The van der Waals surface area contributed by atoms with Gasteiger partial charge in [-0.1, -0.05) is 36.4 Å². The number of pyridine rings is 1. The lowest BCUT2D eigenvalue weighted by molar-refractivity contribution is -0.129. The molecule has 0 unspecified atom stereocenters. The van der Waals surface area contributed by atoms with E-state index in [4.69, 9.17) is 5.73 Å². The molecule has 1 amide bonds. The topological polar surface area (TPSA) is 63.6 Å². The minimum atomic E-state index is -0.0163. The third kappa shape index (κ3) is 4.01. The van der Waals surface area contributed by atoms with E-state index < -0.39 is 0 Å². The Labute approximate surface area is 165 Å². The van der Waals surface area contributed by atoms with Gasteiger partial charge in [0.1, 0.15) is 5.65 Å². The summed E-state index contributed by atoms with van der Waals surface area (Å²) >= 11 is 0. The predicted octanol–water partition coefficient (Wildman–Crippen LogP) is 2.67. The van der Waals surface area contributed by atoms with Crippen LogP contribution in [-0.4, -0.2) is 39.3 Å². The van der Waals surface area contributed by atoms with Gasteiger partial charge in [0.05, 0.1) is 12.1 Å². The number of likely N-dealkylation sites (tertiary alicyclic amines) is 1. The van der Waals surface area contributed by atoms with Crippen molar-refractivity contribution in [3.05, 3.63) is 72.2 Å². The number of aromatic nitrogens is 2. The fourth-order valence-electron chi connectivity index (χ4n) is 3.42. The third-order valence-electron chi connectivity index (χ3n) is 4.69. The molecule has 0 spiro atoms. The number of carbonyl (C=O) groups is 1. The van der Waals surface area contributed by atoms with Gasteiger partial charge < -0.3 is 15.0 Å². The lowest BCUT2D eigenvalue weighted by Gasteiger charge is -2.16. The van der Waals surface area contributed by atoms with E-state index in [0.29, 0.717) is 19.5 Å². The first kappa shape index (κ1) is 20.2. The second kappa shape index (κ2) is 8.54. The Morgan fingerprint density at radius 1 is 1.08 bits per heavy atom. The molecule has 3 heterocycles. The van der Waals surface area contributed by atoms with Gasteiger partial charge in [-0.15, -0.1) is 24.8 Å². The van der Waals surface area contributed by atoms with Gasteiger partial charge in [-0.2, -0.15) is 0 Å². The molecule has 3 aromatic rings. The smallest absolute Gasteiger partial charge is 0.228 e. The number of amides is 1. The summed E-state index contributed by atoms with van der Waals surface area (Å²) in [5, 5.41) is 0. The number of fused-ring (bicyclic) bond motifs is 1. The Morgan fingerprint density at radius 2 is 1.81 bits per heavy atom. The lowest BCUT2D eigenvalue weighted by Crippen LogP contribution is -2.33. The van der Waals surface area contributed by atoms with E-state index in [1.165, 1.54) is 5.56 Å². The van der Waals surface area contributed by atoms with Crippen molar-refractivity contribution < 1.29 is 4.79 Å². The average molecular weight is 393 g/mol. The largest absolute Gasteiger partial charge is 0.340 e. The van der Waals surface area contributed by atoms with Gasteiger partial charge >= 0.3 is 0 Å². The van der Waals surface area contributed by atoms with E-state index in [-0.39, 0.29) is 42.7 Å². The zero-order valence-electron chi connectivity index (χ0n) is 14.2. The first-order valence-corrected chi connectivity index (χ1v) is 8.21. The molecule has 1 saturated heterocycles. The molecule has 1 aliphatic rings. The summed E-state index contributed by atoms with van der Waals surface area (Å²) in [6, 6.07) is 16.0. The highest BCUT2D eigenvalue weighted by molar-refractivity contribution is 5.85. The molecule has 2 N–H and O–H groups in total. The summed E-state index contributed by atoms with van der Waals surface area (Å²) < 4.78 is 1.94. The Kier molecular flexibility index (Phi) is 6.64. The molecule has 2 atom stereocenters. The summed E-state index contributed by atoms with van der Waals surface area (Å²) in [4.78, 5) is 19.0. The number of halogens is 2. The maximum Gasteiger partial charge on any atom is 0.228 e. The molecular formula is C19H22Cl2N4O. The van der Waals surface area contributed by atoms with E-state index in [9.17, 15) is 4.79 Å². The maximum atomic E-state index is 12.6. The Morgan fingerprint density at radius 3 is 2.54 bits per heavy atom. The standard InChI is InChI=1S/C19H20N4O.2ClH/c20-17-13-23(12-16(17)14-6-2-1-3-7-14)19(24)10-15-11-22-9-5-4-8-18(22)21-15;;/h1-9,11,16-17H,10,12-13,20H2;2*1H/t16-,17+;;/m0../s1. The van der Waals surface area contributed by atoms with Crippen LogP contribution in [0.25, 0.3) is 5.65 Å². The predicted molar refractivity (Wildman–Crippen MR) is 107 cm³/mol. The Bertz CT molecular complexity index is 835. The van der Waals surface area contributed by atoms with Crippen LogP contribution in [0.5, 0.6) is 0 Å². The molecular weight excluding hydrogens is 371 g/mol. The van der Waals surface area contributed by atoms with E-state index in [0.717, 1.165) is 11.3 Å². The monoisotopic (exact) mass is 392 g/mol. The molecule has 7 heteroatoms. The second-order valence-electron chi connectivity index (χ2n) is 6.35. The highest BCUT2D eigenvalue weighted by Crippen LogP contribution is 2.26. The Hall–Kier alpha value is -2.08. The normalized spacial score (nSPS) is 19.0. The van der Waals surface area contributed by atoms with Crippen LogP contribution in [0.3, 0.4) is 0 Å². The van der Waals surface area contributed by atoms with Crippen LogP contribution in [0, 0.1) is 0 Å². The van der Waals surface area contributed by atoms with Crippen molar-refractivity contribution in [1.29, 1.82) is 0 Å². The maximum absolute atomic E-state index is 12.6. The fraction of sp³-hybridized carbons (Fsp3) is 0.263. The van der Waals surface area contributed by atoms with Crippen molar-refractivity contribution in [2.45, 2.75) is 18.4 Å². The summed E-state index contributed by atoms with van der Waals surface area (Å²) in [5.41, 5.74) is 9.14. The number of carbonyl (C=O) groups excluding carboxylic acids is 1. The number of nitrogens with zero attached hydrogens (tertiary/aromatic N) is 3. The minimum Gasteiger partial charge on any atom is -0.340 e. The van der Waals surface area contributed by atoms with Gasteiger partial charge in [0.2, 0.25) is 5.91 Å². The van der Waals surface area contributed by atoms with E-state index >= 15 is 0 Å². The van der Waals surface area contributed by atoms with Crippen molar-refractivity contribution in [3.63, 3.8) is 0 Å². The lowest BCUT2D eigenvalue weighted by atomic mass is 9.95. The average Bonchev–Trinajstić information content (AvgIpc) is 3.18. The van der Waals surface area contributed by atoms with Crippen molar-refractivity contribution in [2.24, 2.45) is 5.73 Å². The van der Waals surface area contributed by atoms with Crippen molar-refractivity contribution in [2.75, 3.05) is 13.1 Å². The number of nitrogens with two attached hydrogens (primary N) is 1.